The standard InChI is InChI=1S/C2H3.CHO.Pt/c2*1-2;/h1H,2H2;1H;. The Morgan fingerprint density at radius 2 is 1.80 bits per heavy atom. The first kappa shape index (κ1) is 8.92. The number of carbonyl (C=O) groups is 1. The van der Waals surface area contributed by atoms with Crippen LogP contribution in [0.5, 0.6) is 0 Å². The number of rotatable bonds is 0. The van der Waals surface area contributed by atoms with Gasteiger partial charge >= 0.3 is 29.3 Å². The fourth-order valence-electron chi connectivity index (χ4n) is 0. The van der Waals surface area contributed by atoms with Crippen LogP contribution in [0.25, 0.3) is 0 Å². The zero-order valence-electron chi connectivity index (χ0n) is 2.59. The van der Waals surface area contributed by atoms with Crippen LogP contribution in [0.4, 0.5) is 0 Å². The summed E-state index contributed by atoms with van der Waals surface area (Å²) in [5.74, 6) is 0. The molecule has 1 radical (unpaired) electrons. The van der Waals surface area contributed by atoms with E-state index in [1.807, 2.05) is 0 Å². The van der Waals surface area contributed by atoms with Gasteiger partial charge in [0.25, 0.3) is 0 Å². The zero-order valence-corrected chi connectivity index (χ0v) is 4.86. The van der Waals surface area contributed by atoms with Crippen LogP contribution in [0, 0.1) is 6.58 Å². The SMILES string of the molecule is O=[CH][Pt].[CH]=C. The minimum absolute atomic E-state index is 0.722. The van der Waals surface area contributed by atoms with E-state index in [2.05, 4.69) is 13.2 Å². The zero-order chi connectivity index (χ0) is 4.71. The van der Waals surface area contributed by atoms with Crippen LogP contribution in [0.3, 0.4) is 0 Å². The maximum absolute atomic E-state index is 8.79. The van der Waals surface area contributed by atoms with Gasteiger partial charge in [-0.15, -0.1) is 0 Å². The second kappa shape index (κ2) is 32.6. The Bertz CT molecular complexity index is 20.9. The topological polar surface area (TPSA) is 17.1 Å². The molecule has 0 saturated heterocycles. The second-order valence-corrected chi connectivity index (χ2v) is 0.610. The van der Waals surface area contributed by atoms with E-state index in [1.54, 1.807) is 19.8 Å². The molecule has 0 aliphatic carbocycles. The molecule has 1 nitrogen and oxygen atoms in total. The monoisotopic (exact) mass is 251 g/mol. The first-order valence-corrected chi connectivity index (χ1v) is 2.14. The quantitative estimate of drug-likeness (QED) is 0.567. The van der Waals surface area contributed by atoms with Crippen LogP contribution in [0.15, 0.2) is 6.58 Å². The molecule has 0 N–H and O–H groups in total. The number of carbonyl (C=O) groups excluding carboxylic acids is 1. The van der Waals surface area contributed by atoms with Crippen LogP contribution >= 0.6 is 0 Å². The van der Waals surface area contributed by atoms with Crippen molar-refractivity contribution in [1.82, 2.24) is 0 Å². The summed E-state index contributed by atoms with van der Waals surface area (Å²) in [6.45, 7) is 7.00. The van der Waals surface area contributed by atoms with Crippen LogP contribution < -0.4 is 0 Å². The van der Waals surface area contributed by atoms with E-state index in [-0.39, 0.29) is 0 Å². The summed E-state index contributed by atoms with van der Waals surface area (Å²) in [6, 6.07) is 0. The molecule has 0 aliphatic heterocycles. The Kier molecular flexibility index (Phi) is 58.2. The molecule has 0 rings (SSSR count). The summed E-state index contributed by atoms with van der Waals surface area (Å²) < 4.78 is 0.722. The first-order valence-electron chi connectivity index (χ1n) is 0.827. The average molecular weight is 251 g/mol. The van der Waals surface area contributed by atoms with Gasteiger partial charge in [0.05, 0.1) is 0 Å². The normalized spacial score (nSPS) is 3.60. The number of hydrogen-bond acceptors (Lipinski definition) is 1. The van der Waals surface area contributed by atoms with Gasteiger partial charge in [0.15, 0.2) is 0 Å². The predicted molar refractivity (Wildman–Crippen MR) is 16.7 cm³/mol. The van der Waals surface area contributed by atoms with Crippen molar-refractivity contribution in [1.29, 1.82) is 0 Å². The largest absolute Gasteiger partial charge is 0.0991 e. The third-order valence-electron chi connectivity index (χ3n) is 0. The fourth-order valence-corrected chi connectivity index (χ4v) is 0. The molecule has 5 heavy (non-hydrogen) atoms. The maximum Gasteiger partial charge on any atom is -0.0701 e. The van der Waals surface area contributed by atoms with E-state index in [4.69, 9.17) is 4.79 Å². The smallest absolute Gasteiger partial charge is 0.0701 e. The molecule has 0 atom stereocenters. The van der Waals surface area contributed by atoms with E-state index in [1.165, 1.54) is 0 Å². The molecule has 0 bridgehead atoms. The molecule has 0 fully saturated rings. The Hall–Kier alpha value is 0.0983. The predicted octanol–water partition coefficient (Wildman–Crippen LogP) is 0.329. The van der Waals surface area contributed by atoms with E-state index < -0.39 is 0 Å². The maximum atomic E-state index is 8.79. The van der Waals surface area contributed by atoms with Crippen LogP contribution in [0.2, 0.25) is 0 Å². The fraction of sp³-hybridized carbons (Fsp3) is 0. The van der Waals surface area contributed by atoms with Crippen LogP contribution in [-0.4, -0.2) is 4.68 Å². The molecule has 0 heterocycles. The van der Waals surface area contributed by atoms with Gasteiger partial charge in [0.2, 0.25) is 0 Å². The van der Waals surface area contributed by atoms with E-state index in [9.17, 15) is 0 Å². The molecule has 32 valence electrons. The summed E-state index contributed by atoms with van der Waals surface area (Å²) in [5.41, 5.74) is 0. The minimum Gasteiger partial charge on any atom is -0.0991 e. The van der Waals surface area contributed by atoms with Gasteiger partial charge in [-0.2, -0.15) is 0 Å². The van der Waals surface area contributed by atoms with Crippen molar-refractivity contribution in [3.05, 3.63) is 13.2 Å². The Labute approximate surface area is 43.0 Å². The summed E-state index contributed by atoms with van der Waals surface area (Å²) in [6.07, 6.45) is 0. The Balaban J connectivity index is 0. The van der Waals surface area contributed by atoms with Crippen LogP contribution in [0.1, 0.15) is 0 Å². The van der Waals surface area contributed by atoms with Gasteiger partial charge in [-0.05, 0) is 0 Å². The van der Waals surface area contributed by atoms with Gasteiger partial charge in [-0.1, -0.05) is 13.2 Å². The molecule has 0 aromatic carbocycles. The Morgan fingerprint density at radius 1 is 1.80 bits per heavy atom. The molecule has 0 amide bonds. The van der Waals surface area contributed by atoms with Gasteiger partial charge in [-0.25, -0.2) is 0 Å². The van der Waals surface area contributed by atoms with Crippen molar-refractivity contribution in [2.24, 2.45) is 0 Å². The van der Waals surface area contributed by atoms with E-state index in [0.29, 0.717) is 0 Å². The van der Waals surface area contributed by atoms with Gasteiger partial charge in [-0.3, -0.25) is 0 Å². The van der Waals surface area contributed by atoms with Crippen molar-refractivity contribution in [3.8, 4) is 0 Å². The third kappa shape index (κ3) is 1870. The molecule has 0 aromatic heterocycles. The van der Waals surface area contributed by atoms with Gasteiger partial charge < -0.3 is 0 Å². The molecular weight excluding hydrogens is 247 g/mol. The number of hydrogen-bond donors (Lipinski definition) is 0. The molecule has 0 aliphatic rings. The summed E-state index contributed by atoms with van der Waals surface area (Å²) in [7, 11) is 0. The molecule has 0 unspecified atom stereocenters. The van der Waals surface area contributed by atoms with Crippen LogP contribution in [-0.2, 0) is 24.6 Å². The van der Waals surface area contributed by atoms with E-state index in [0.717, 1.165) is 4.68 Å². The van der Waals surface area contributed by atoms with E-state index >= 15 is 0 Å². The Morgan fingerprint density at radius 3 is 1.80 bits per heavy atom. The van der Waals surface area contributed by atoms with Crippen molar-refractivity contribution < 1.29 is 24.6 Å². The van der Waals surface area contributed by atoms with Crippen molar-refractivity contribution in [3.63, 3.8) is 0 Å². The first-order chi connectivity index (χ1) is 2.41. The molecule has 0 spiro atoms. The molecule has 2 heteroatoms. The summed E-state index contributed by atoms with van der Waals surface area (Å²) >= 11 is 1.60. The van der Waals surface area contributed by atoms with Crippen molar-refractivity contribution in [2.45, 2.75) is 0 Å². The minimum atomic E-state index is 0.722. The second-order valence-electron chi connectivity index (χ2n) is 0.0745. The average Bonchev–Trinajstić information content (AvgIpc) is 1.46. The van der Waals surface area contributed by atoms with Crippen molar-refractivity contribution in [2.75, 3.05) is 0 Å². The molecular formula is C3H4OPt. The summed E-state index contributed by atoms with van der Waals surface area (Å²) in [4.78, 5) is 8.79. The van der Waals surface area contributed by atoms with Crippen molar-refractivity contribution >= 4 is 4.68 Å². The van der Waals surface area contributed by atoms with Gasteiger partial charge in [0, 0.05) is 0 Å². The molecule has 0 saturated carbocycles. The summed E-state index contributed by atoms with van der Waals surface area (Å²) in [5, 5.41) is 0. The third-order valence-corrected chi connectivity index (χ3v) is 0. The molecule has 0 aromatic rings. The van der Waals surface area contributed by atoms with Gasteiger partial charge in [0.1, 0.15) is 0 Å².